The number of likely N-dealkylation sites (tertiary alicyclic amines) is 1. The number of rotatable bonds is 8. The van der Waals surface area contributed by atoms with Gasteiger partial charge >= 0.3 is 0 Å². The van der Waals surface area contributed by atoms with Crippen molar-refractivity contribution < 1.29 is 14.4 Å². The molecule has 3 fully saturated rings. The van der Waals surface area contributed by atoms with Crippen LogP contribution in [0.2, 0.25) is 0 Å². The summed E-state index contributed by atoms with van der Waals surface area (Å²) in [6.07, 6.45) is 12.2. The van der Waals surface area contributed by atoms with E-state index in [0.717, 1.165) is 93.7 Å². The lowest BCUT2D eigenvalue weighted by Gasteiger charge is -2.41. The first-order valence-corrected chi connectivity index (χ1v) is 14.8. The monoisotopic (exact) mass is 509 g/mol. The number of carbonyl (C=O) groups excluding carboxylic acids is 3. The summed E-state index contributed by atoms with van der Waals surface area (Å²) in [7, 11) is 0. The average Bonchev–Trinajstić information content (AvgIpc) is 3.75. The molecular formula is C31H47N3O3. The largest absolute Gasteiger partial charge is 0.345 e. The number of carbonyl (C=O) groups is 3. The summed E-state index contributed by atoms with van der Waals surface area (Å²) < 4.78 is 0. The van der Waals surface area contributed by atoms with Crippen molar-refractivity contribution in [3.8, 4) is 0 Å². The Labute approximate surface area is 223 Å². The molecule has 2 heterocycles. The predicted octanol–water partition coefficient (Wildman–Crippen LogP) is 4.95. The smallest absolute Gasteiger partial charge is 0.254 e. The van der Waals surface area contributed by atoms with Gasteiger partial charge in [-0.3, -0.25) is 14.4 Å². The molecule has 0 radical (unpaired) electrons. The minimum atomic E-state index is -0.287. The fourth-order valence-corrected chi connectivity index (χ4v) is 6.41. The van der Waals surface area contributed by atoms with E-state index in [1.807, 2.05) is 23.6 Å². The van der Waals surface area contributed by atoms with Gasteiger partial charge in [-0.05, 0) is 74.6 Å². The number of nitrogens with one attached hydrogen (secondary N) is 1. The van der Waals surface area contributed by atoms with Crippen LogP contribution < -0.4 is 5.32 Å². The lowest BCUT2D eigenvalue weighted by atomic mass is 9.78. The van der Waals surface area contributed by atoms with Crippen molar-refractivity contribution in [3.63, 3.8) is 0 Å². The lowest BCUT2D eigenvalue weighted by Crippen LogP contribution is -2.53. The van der Waals surface area contributed by atoms with E-state index in [0.29, 0.717) is 6.54 Å². The summed E-state index contributed by atoms with van der Waals surface area (Å²) in [5, 5.41) is 3.32. The van der Waals surface area contributed by atoms with Gasteiger partial charge in [0.25, 0.3) is 5.91 Å². The molecule has 0 spiro atoms. The summed E-state index contributed by atoms with van der Waals surface area (Å²) >= 11 is 0. The van der Waals surface area contributed by atoms with Crippen LogP contribution in [-0.2, 0) is 16.0 Å². The van der Waals surface area contributed by atoms with E-state index in [4.69, 9.17) is 0 Å². The molecule has 0 bridgehead atoms. The van der Waals surface area contributed by atoms with E-state index < -0.39 is 0 Å². The second kappa shape index (κ2) is 13.0. The third-order valence-electron chi connectivity index (χ3n) is 8.68. The maximum atomic E-state index is 13.7. The molecule has 2 saturated carbocycles. The quantitative estimate of drug-likeness (QED) is 0.503. The van der Waals surface area contributed by atoms with Gasteiger partial charge in [0.2, 0.25) is 6.41 Å². The number of hydrogen-bond donors (Lipinski definition) is 1. The van der Waals surface area contributed by atoms with E-state index in [1.54, 1.807) is 0 Å². The fourth-order valence-electron chi connectivity index (χ4n) is 6.41. The number of nitrogens with zero attached hydrogens (tertiary/aromatic N) is 2. The Kier molecular flexibility index (Phi) is 9.80. The van der Waals surface area contributed by atoms with Crippen LogP contribution in [0, 0.1) is 11.8 Å². The van der Waals surface area contributed by atoms with Gasteiger partial charge in [0, 0.05) is 43.1 Å². The first-order valence-electron chi connectivity index (χ1n) is 14.8. The molecule has 1 aromatic rings. The van der Waals surface area contributed by atoms with E-state index in [9.17, 15) is 14.4 Å². The SMILES string of the molecule is CC(C)C(=O)C(C1CCCCC1)N1CCc2ccc(C3CCCN(C=O)C3)cc2C1=O.CCNC1CC1. The van der Waals surface area contributed by atoms with Gasteiger partial charge in [0.05, 0.1) is 6.04 Å². The number of amides is 2. The van der Waals surface area contributed by atoms with Crippen molar-refractivity contribution in [2.24, 2.45) is 11.8 Å². The number of hydrogen-bond acceptors (Lipinski definition) is 4. The maximum Gasteiger partial charge on any atom is 0.254 e. The molecule has 2 aliphatic heterocycles. The molecule has 5 rings (SSSR count). The molecule has 2 atom stereocenters. The Morgan fingerprint density at radius 1 is 1.05 bits per heavy atom. The van der Waals surface area contributed by atoms with Gasteiger partial charge in [-0.15, -0.1) is 0 Å². The summed E-state index contributed by atoms with van der Waals surface area (Å²) in [5.41, 5.74) is 3.00. The van der Waals surface area contributed by atoms with Crippen molar-refractivity contribution in [2.75, 3.05) is 26.2 Å². The van der Waals surface area contributed by atoms with Gasteiger partial charge in [0.15, 0.2) is 5.78 Å². The highest BCUT2D eigenvalue weighted by Gasteiger charge is 2.40. The second-order valence-electron chi connectivity index (χ2n) is 11.8. The molecule has 6 nitrogen and oxygen atoms in total. The topological polar surface area (TPSA) is 69.7 Å². The molecule has 0 aromatic heterocycles. The zero-order valence-electron chi connectivity index (χ0n) is 23.2. The Balaban J connectivity index is 0.000000469. The van der Waals surface area contributed by atoms with Crippen LogP contribution >= 0.6 is 0 Å². The van der Waals surface area contributed by atoms with Gasteiger partial charge in [-0.2, -0.15) is 0 Å². The number of benzene rings is 1. The van der Waals surface area contributed by atoms with Gasteiger partial charge in [-0.25, -0.2) is 0 Å². The molecule has 1 saturated heterocycles. The van der Waals surface area contributed by atoms with Crippen LogP contribution in [0.4, 0.5) is 0 Å². The van der Waals surface area contributed by atoms with Crippen molar-refractivity contribution in [2.45, 2.75) is 103 Å². The normalized spacial score (nSPS) is 23.2. The van der Waals surface area contributed by atoms with Crippen molar-refractivity contribution in [1.82, 2.24) is 15.1 Å². The highest BCUT2D eigenvalue weighted by Crippen LogP contribution is 2.35. The molecule has 2 unspecified atom stereocenters. The highest BCUT2D eigenvalue weighted by molar-refractivity contribution is 6.00. The van der Waals surface area contributed by atoms with Crippen molar-refractivity contribution in [3.05, 3.63) is 34.9 Å². The standard InChI is InChI=1S/C26H36N2O3.C5H11N/c1-18(2)25(30)24(20-7-4-3-5-8-20)28-14-12-19-10-11-21(15-23(19)26(28)31)22-9-6-13-27(16-22)17-29;1-2-6-5-3-4-5/h10-11,15,17-18,20,22,24H,3-9,12-14,16H2,1-2H3;5-6H,2-4H2,1H3. The predicted molar refractivity (Wildman–Crippen MR) is 148 cm³/mol. The zero-order chi connectivity index (χ0) is 26.4. The summed E-state index contributed by atoms with van der Waals surface area (Å²) in [4.78, 5) is 41.9. The molecule has 1 aromatic carbocycles. The molecule has 37 heavy (non-hydrogen) atoms. The number of ketones is 1. The third-order valence-corrected chi connectivity index (χ3v) is 8.68. The molecule has 2 amide bonds. The van der Waals surface area contributed by atoms with Crippen molar-refractivity contribution in [1.29, 1.82) is 0 Å². The Hall–Kier alpha value is -2.21. The minimum absolute atomic E-state index is 0.0238. The van der Waals surface area contributed by atoms with E-state index in [-0.39, 0.29) is 35.5 Å². The zero-order valence-corrected chi connectivity index (χ0v) is 23.2. The molecule has 2 aliphatic carbocycles. The fraction of sp³-hybridized carbons (Fsp3) is 0.710. The Bertz CT molecular complexity index is 936. The molecule has 4 aliphatic rings. The first-order chi connectivity index (χ1) is 17.9. The van der Waals surface area contributed by atoms with Gasteiger partial charge in [-0.1, -0.05) is 52.2 Å². The number of piperidine rings is 1. The third kappa shape index (κ3) is 7.01. The average molecular weight is 510 g/mol. The highest BCUT2D eigenvalue weighted by atomic mass is 16.2. The second-order valence-corrected chi connectivity index (χ2v) is 11.8. The van der Waals surface area contributed by atoms with Gasteiger partial charge < -0.3 is 15.1 Å². The van der Waals surface area contributed by atoms with Crippen LogP contribution in [-0.4, -0.2) is 66.2 Å². The number of Topliss-reactive ketones (excluding diaryl/α,β-unsaturated/α-hetero) is 1. The van der Waals surface area contributed by atoms with Crippen LogP contribution in [0.3, 0.4) is 0 Å². The van der Waals surface area contributed by atoms with Gasteiger partial charge in [0.1, 0.15) is 0 Å². The molecule has 6 heteroatoms. The number of fused-ring (bicyclic) bond motifs is 1. The molecule has 204 valence electrons. The summed E-state index contributed by atoms with van der Waals surface area (Å²) in [6.45, 7) is 9.38. The van der Waals surface area contributed by atoms with E-state index in [2.05, 4.69) is 30.4 Å². The van der Waals surface area contributed by atoms with Crippen LogP contribution in [0.25, 0.3) is 0 Å². The molecule has 1 N–H and O–H groups in total. The Morgan fingerprint density at radius 3 is 2.43 bits per heavy atom. The van der Waals surface area contributed by atoms with E-state index >= 15 is 0 Å². The minimum Gasteiger partial charge on any atom is -0.345 e. The maximum absolute atomic E-state index is 13.7. The van der Waals surface area contributed by atoms with E-state index in [1.165, 1.54) is 19.3 Å². The molecular weight excluding hydrogens is 462 g/mol. The van der Waals surface area contributed by atoms with Crippen LogP contribution in [0.15, 0.2) is 18.2 Å². The first kappa shape index (κ1) is 27.8. The van der Waals surface area contributed by atoms with Crippen LogP contribution in [0.5, 0.6) is 0 Å². The van der Waals surface area contributed by atoms with Crippen molar-refractivity contribution >= 4 is 18.1 Å². The summed E-state index contributed by atoms with van der Waals surface area (Å²) in [5.74, 6) is 0.740. The Morgan fingerprint density at radius 2 is 1.81 bits per heavy atom. The lowest BCUT2D eigenvalue weighted by molar-refractivity contribution is -0.129. The summed E-state index contributed by atoms with van der Waals surface area (Å²) in [6, 6.07) is 6.90. The van der Waals surface area contributed by atoms with Crippen LogP contribution in [0.1, 0.15) is 106 Å².